The second kappa shape index (κ2) is 6.18. The zero-order chi connectivity index (χ0) is 10.4. The zero-order valence-electron chi connectivity index (χ0n) is 9.59. The van der Waals surface area contributed by atoms with Crippen molar-refractivity contribution in [1.29, 1.82) is 0 Å². The molecular formula is C12H23NO. The maximum atomic E-state index is 11.5. The zero-order valence-corrected chi connectivity index (χ0v) is 9.59. The third kappa shape index (κ3) is 4.75. The minimum atomic E-state index is 0.418. The normalized spacial score (nSPS) is 16.2. The molecule has 0 aromatic heterocycles. The minimum Gasteiger partial charge on any atom is -0.298 e. The highest BCUT2D eigenvalue weighted by atomic mass is 16.1. The molecule has 1 aliphatic rings. The molecule has 0 heterocycles. The number of hydrogen-bond acceptors (Lipinski definition) is 2. The largest absolute Gasteiger partial charge is 0.298 e. The third-order valence-electron chi connectivity index (χ3n) is 2.68. The summed E-state index contributed by atoms with van der Waals surface area (Å²) >= 11 is 0. The highest BCUT2D eigenvalue weighted by Gasteiger charge is 2.24. The van der Waals surface area contributed by atoms with E-state index >= 15 is 0 Å². The van der Waals surface area contributed by atoms with Crippen LogP contribution in [0.2, 0.25) is 0 Å². The first-order valence-corrected chi connectivity index (χ1v) is 6.00. The minimum absolute atomic E-state index is 0.418. The lowest BCUT2D eigenvalue weighted by Gasteiger charge is -2.20. The fraction of sp³-hybridized carbons (Fsp3) is 0.917. The average molecular weight is 197 g/mol. The van der Waals surface area contributed by atoms with E-state index in [4.69, 9.17) is 0 Å². The van der Waals surface area contributed by atoms with Crippen molar-refractivity contribution in [1.82, 2.24) is 4.90 Å². The second-order valence-electron chi connectivity index (χ2n) is 4.47. The van der Waals surface area contributed by atoms with Crippen LogP contribution in [0.15, 0.2) is 0 Å². The second-order valence-corrected chi connectivity index (χ2v) is 4.47. The first kappa shape index (κ1) is 11.7. The molecule has 14 heavy (non-hydrogen) atoms. The predicted molar refractivity (Wildman–Crippen MR) is 59.4 cm³/mol. The summed E-state index contributed by atoms with van der Waals surface area (Å²) in [6.45, 7) is 7.20. The smallest absolute Gasteiger partial charge is 0.146 e. The molecule has 0 saturated heterocycles. The van der Waals surface area contributed by atoms with E-state index in [9.17, 15) is 4.79 Å². The molecule has 0 bridgehead atoms. The molecule has 2 heteroatoms. The van der Waals surface area contributed by atoms with Crippen LogP contribution >= 0.6 is 0 Å². The van der Waals surface area contributed by atoms with Crippen LogP contribution < -0.4 is 0 Å². The molecule has 0 aromatic carbocycles. The molecular weight excluding hydrogens is 174 g/mol. The predicted octanol–water partition coefficient (Wildman–Crippen LogP) is 2.48. The van der Waals surface area contributed by atoms with E-state index in [0.717, 1.165) is 38.3 Å². The lowest BCUT2D eigenvalue weighted by Crippen LogP contribution is -2.32. The van der Waals surface area contributed by atoms with Gasteiger partial charge in [-0.05, 0) is 38.1 Å². The summed E-state index contributed by atoms with van der Waals surface area (Å²) in [4.78, 5) is 13.8. The van der Waals surface area contributed by atoms with Crippen molar-refractivity contribution >= 4 is 5.78 Å². The van der Waals surface area contributed by atoms with E-state index in [1.165, 1.54) is 12.8 Å². The Morgan fingerprint density at radius 1 is 1.29 bits per heavy atom. The van der Waals surface area contributed by atoms with Crippen molar-refractivity contribution < 1.29 is 4.79 Å². The van der Waals surface area contributed by atoms with E-state index in [2.05, 4.69) is 18.7 Å². The molecule has 2 nitrogen and oxygen atoms in total. The van der Waals surface area contributed by atoms with Gasteiger partial charge in [0, 0.05) is 13.0 Å². The molecule has 0 unspecified atom stereocenters. The van der Waals surface area contributed by atoms with Gasteiger partial charge in [-0.1, -0.05) is 13.8 Å². The lowest BCUT2D eigenvalue weighted by molar-refractivity contribution is -0.120. The van der Waals surface area contributed by atoms with Gasteiger partial charge < -0.3 is 0 Å². The summed E-state index contributed by atoms with van der Waals surface area (Å²) in [6, 6.07) is 0. The van der Waals surface area contributed by atoms with E-state index in [1.807, 2.05) is 0 Å². The van der Waals surface area contributed by atoms with Crippen molar-refractivity contribution in [3.05, 3.63) is 0 Å². The van der Waals surface area contributed by atoms with E-state index in [0.29, 0.717) is 12.3 Å². The van der Waals surface area contributed by atoms with Crippen molar-refractivity contribution in [3.63, 3.8) is 0 Å². The van der Waals surface area contributed by atoms with Gasteiger partial charge in [0.15, 0.2) is 0 Å². The summed E-state index contributed by atoms with van der Waals surface area (Å²) in [5.41, 5.74) is 0. The molecule has 1 saturated carbocycles. The number of hydrogen-bond donors (Lipinski definition) is 0. The van der Waals surface area contributed by atoms with Crippen LogP contribution in [0.1, 0.15) is 46.0 Å². The van der Waals surface area contributed by atoms with Crippen LogP contribution in [-0.4, -0.2) is 30.3 Å². The quantitative estimate of drug-likeness (QED) is 0.596. The SMILES string of the molecule is CCCC(=O)CN(CCC)CC1CC1. The number of nitrogens with zero attached hydrogens (tertiary/aromatic N) is 1. The van der Waals surface area contributed by atoms with Crippen molar-refractivity contribution in [3.8, 4) is 0 Å². The Labute approximate surface area is 87.7 Å². The van der Waals surface area contributed by atoms with Crippen molar-refractivity contribution in [2.24, 2.45) is 5.92 Å². The Bertz CT molecular complexity index is 175. The van der Waals surface area contributed by atoms with Crippen LogP contribution in [0.3, 0.4) is 0 Å². The van der Waals surface area contributed by atoms with Gasteiger partial charge in [-0.3, -0.25) is 9.69 Å². The molecule has 0 aromatic rings. The molecule has 0 N–H and O–H groups in total. The van der Waals surface area contributed by atoms with Crippen LogP contribution in [-0.2, 0) is 4.79 Å². The molecule has 1 fully saturated rings. The van der Waals surface area contributed by atoms with Crippen LogP contribution in [0, 0.1) is 5.92 Å². The van der Waals surface area contributed by atoms with Gasteiger partial charge in [0.2, 0.25) is 0 Å². The molecule has 0 spiro atoms. The maximum absolute atomic E-state index is 11.5. The Morgan fingerprint density at radius 2 is 2.00 bits per heavy atom. The molecule has 82 valence electrons. The number of rotatable bonds is 8. The van der Waals surface area contributed by atoms with Gasteiger partial charge in [-0.25, -0.2) is 0 Å². The van der Waals surface area contributed by atoms with E-state index < -0.39 is 0 Å². The fourth-order valence-corrected chi connectivity index (χ4v) is 1.82. The first-order valence-electron chi connectivity index (χ1n) is 6.00. The molecule has 0 amide bonds. The van der Waals surface area contributed by atoms with Crippen molar-refractivity contribution in [2.75, 3.05) is 19.6 Å². The highest BCUT2D eigenvalue weighted by Crippen LogP contribution is 2.29. The number of carbonyl (C=O) groups excluding carboxylic acids is 1. The summed E-state index contributed by atoms with van der Waals surface area (Å²) in [7, 11) is 0. The number of Topliss-reactive ketones (excluding diaryl/α,β-unsaturated/α-hetero) is 1. The standard InChI is InChI=1S/C12H23NO/c1-3-5-12(14)10-13(8-4-2)9-11-6-7-11/h11H,3-10H2,1-2H3. The summed E-state index contributed by atoms with van der Waals surface area (Å²) < 4.78 is 0. The lowest BCUT2D eigenvalue weighted by atomic mass is 10.2. The first-order chi connectivity index (χ1) is 6.76. The van der Waals surface area contributed by atoms with Gasteiger partial charge in [-0.2, -0.15) is 0 Å². The van der Waals surface area contributed by atoms with Gasteiger partial charge in [0.05, 0.1) is 6.54 Å². The Balaban J connectivity index is 2.21. The fourth-order valence-electron chi connectivity index (χ4n) is 1.82. The summed E-state index contributed by atoms with van der Waals surface area (Å²) in [5, 5.41) is 0. The molecule has 1 rings (SSSR count). The number of ketones is 1. The monoisotopic (exact) mass is 197 g/mol. The van der Waals surface area contributed by atoms with Gasteiger partial charge in [0.25, 0.3) is 0 Å². The molecule has 0 atom stereocenters. The molecule has 0 radical (unpaired) electrons. The topological polar surface area (TPSA) is 20.3 Å². The van der Waals surface area contributed by atoms with Crippen molar-refractivity contribution in [2.45, 2.75) is 46.0 Å². The van der Waals surface area contributed by atoms with Crippen LogP contribution in [0.5, 0.6) is 0 Å². The Morgan fingerprint density at radius 3 is 2.50 bits per heavy atom. The average Bonchev–Trinajstić information content (AvgIpc) is 2.89. The van der Waals surface area contributed by atoms with Gasteiger partial charge in [0.1, 0.15) is 5.78 Å². The Hall–Kier alpha value is -0.370. The highest BCUT2D eigenvalue weighted by molar-refractivity contribution is 5.80. The van der Waals surface area contributed by atoms with E-state index in [1.54, 1.807) is 0 Å². The number of carbonyl (C=O) groups is 1. The maximum Gasteiger partial charge on any atom is 0.146 e. The third-order valence-corrected chi connectivity index (χ3v) is 2.68. The molecule has 1 aliphatic carbocycles. The van der Waals surface area contributed by atoms with Crippen LogP contribution in [0.4, 0.5) is 0 Å². The van der Waals surface area contributed by atoms with E-state index in [-0.39, 0.29) is 0 Å². The van der Waals surface area contributed by atoms with Crippen LogP contribution in [0.25, 0.3) is 0 Å². The summed E-state index contributed by atoms with van der Waals surface area (Å²) in [6.07, 6.45) is 5.66. The molecule has 0 aliphatic heterocycles. The Kier molecular flexibility index (Phi) is 5.16. The van der Waals surface area contributed by atoms with Gasteiger partial charge >= 0.3 is 0 Å². The summed E-state index contributed by atoms with van der Waals surface area (Å²) in [5.74, 6) is 1.32. The van der Waals surface area contributed by atoms with Gasteiger partial charge in [-0.15, -0.1) is 0 Å².